The second kappa shape index (κ2) is 13.0. The Morgan fingerprint density at radius 3 is 2.26 bits per heavy atom. The highest BCUT2D eigenvalue weighted by Crippen LogP contribution is 2.26. The minimum atomic E-state index is 0. The number of rotatable bonds is 7. The van der Waals surface area contributed by atoms with Crippen LogP contribution in [0.5, 0.6) is 0 Å². The van der Waals surface area contributed by atoms with Crippen molar-refractivity contribution in [3.63, 3.8) is 0 Å². The third-order valence-corrected chi connectivity index (χ3v) is 7.23. The molecule has 7 heteroatoms. The van der Waals surface area contributed by atoms with E-state index in [0.29, 0.717) is 16.1 Å². The molecular weight excluding hydrogens is 520 g/mol. The number of likely N-dealkylation sites (tertiary alicyclic amines) is 1. The highest BCUT2D eigenvalue weighted by molar-refractivity contribution is 6.35. The highest BCUT2D eigenvalue weighted by atomic mass is 35.5. The van der Waals surface area contributed by atoms with Crippen molar-refractivity contribution in [2.24, 2.45) is 0 Å². The van der Waals surface area contributed by atoms with Gasteiger partial charge >= 0.3 is 0 Å². The Morgan fingerprint density at radius 1 is 0.800 bits per heavy atom. The van der Waals surface area contributed by atoms with Crippen LogP contribution in [0.3, 0.4) is 0 Å². The van der Waals surface area contributed by atoms with Crippen LogP contribution in [0.25, 0.3) is 10.9 Å². The fourth-order valence-corrected chi connectivity index (χ4v) is 5.29. The normalized spacial score (nSPS) is 14.5. The summed E-state index contributed by atoms with van der Waals surface area (Å²) in [6, 6.07) is 25.7. The van der Waals surface area contributed by atoms with Crippen LogP contribution in [0.15, 0.2) is 79.0 Å². The Balaban J connectivity index is 0.00000171. The number of para-hydroxylation sites is 1. The van der Waals surface area contributed by atoms with Gasteiger partial charge in [-0.25, -0.2) is 0 Å². The molecule has 0 spiro atoms. The van der Waals surface area contributed by atoms with Gasteiger partial charge < -0.3 is 9.88 Å². The zero-order valence-corrected chi connectivity index (χ0v) is 22.6. The molecule has 5 rings (SSSR count). The van der Waals surface area contributed by atoms with Gasteiger partial charge in [0.25, 0.3) is 0 Å². The second-order valence-corrected chi connectivity index (χ2v) is 9.80. The summed E-state index contributed by atoms with van der Waals surface area (Å²) >= 11 is 12.5. The Hall–Kier alpha value is -1.72. The van der Waals surface area contributed by atoms with Gasteiger partial charge in [-0.1, -0.05) is 77.8 Å². The van der Waals surface area contributed by atoms with Crippen LogP contribution < -0.4 is 5.32 Å². The average molecular weight is 551 g/mol. The van der Waals surface area contributed by atoms with Gasteiger partial charge in [-0.3, -0.25) is 4.90 Å². The van der Waals surface area contributed by atoms with E-state index in [1.54, 1.807) is 0 Å². The molecule has 1 saturated heterocycles. The van der Waals surface area contributed by atoms with Crippen molar-refractivity contribution in [3.8, 4) is 0 Å². The van der Waals surface area contributed by atoms with Crippen LogP contribution in [-0.4, -0.2) is 28.6 Å². The zero-order chi connectivity index (χ0) is 22.6. The Kier molecular flexibility index (Phi) is 10.4. The van der Waals surface area contributed by atoms with Crippen molar-refractivity contribution in [2.45, 2.75) is 38.5 Å². The van der Waals surface area contributed by atoms with E-state index in [2.05, 4.69) is 75.6 Å². The number of hydrogen-bond donors (Lipinski definition) is 1. The van der Waals surface area contributed by atoms with Gasteiger partial charge in [0.05, 0.1) is 0 Å². The van der Waals surface area contributed by atoms with Gasteiger partial charge in [0.15, 0.2) is 0 Å². The van der Waals surface area contributed by atoms with E-state index >= 15 is 0 Å². The molecule has 0 saturated carbocycles. The summed E-state index contributed by atoms with van der Waals surface area (Å²) < 4.78 is 2.30. The number of fused-ring (bicyclic) bond motifs is 1. The molecule has 0 aliphatic carbocycles. The highest BCUT2D eigenvalue weighted by Gasteiger charge is 2.19. The molecule has 3 nitrogen and oxygen atoms in total. The summed E-state index contributed by atoms with van der Waals surface area (Å²) in [5.41, 5.74) is 5.05. The monoisotopic (exact) mass is 549 g/mol. The summed E-state index contributed by atoms with van der Waals surface area (Å²) in [6.45, 7) is 4.95. The SMILES string of the molecule is Cl.Cl.Clc1ccc(Cn2cc(CNC3CCN(Cc4ccccc4)CC3)c3ccccc32)c(Cl)c1. The van der Waals surface area contributed by atoms with Crippen molar-refractivity contribution >= 4 is 58.9 Å². The van der Waals surface area contributed by atoms with Crippen molar-refractivity contribution in [1.82, 2.24) is 14.8 Å². The molecule has 4 aromatic rings. The van der Waals surface area contributed by atoms with E-state index in [-0.39, 0.29) is 24.8 Å². The van der Waals surface area contributed by atoms with Gasteiger partial charge in [-0.15, -0.1) is 24.8 Å². The standard InChI is InChI=1S/C28H29Cl2N3.2ClH/c29-24-11-10-22(27(30)16-24)19-33-20-23(26-8-4-5-9-28(26)33)17-31-25-12-14-32(15-13-25)18-21-6-2-1-3-7-21;;/h1-11,16,20,25,31H,12-15,17-19H2;2*1H. The van der Waals surface area contributed by atoms with Gasteiger partial charge in [-0.05, 0) is 60.8 Å². The minimum Gasteiger partial charge on any atom is -0.343 e. The van der Waals surface area contributed by atoms with E-state index in [1.807, 2.05) is 18.2 Å². The topological polar surface area (TPSA) is 20.2 Å². The predicted octanol–water partition coefficient (Wildman–Crippen LogP) is 7.59. The van der Waals surface area contributed by atoms with E-state index in [1.165, 1.54) is 34.9 Å². The number of nitrogens with one attached hydrogen (secondary N) is 1. The van der Waals surface area contributed by atoms with E-state index in [0.717, 1.165) is 38.3 Å². The number of nitrogens with zero attached hydrogens (tertiary/aromatic N) is 2. The Morgan fingerprint density at radius 2 is 1.51 bits per heavy atom. The lowest BCUT2D eigenvalue weighted by Crippen LogP contribution is -2.41. The maximum absolute atomic E-state index is 6.45. The van der Waals surface area contributed by atoms with Gasteiger partial charge in [0.1, 0.15) is 0 Å². The largest absolute Gasteiger partial charge is 0.343 e. The lowest BCUT2D eigenvalue weighted by atomic mass is 10.0. The summed E-state index contributed by atoms with van der Waals surface area (Å²) in [5, 5.41) is 6.51. The molecule has 1 aliphatic heterocycles. The van der Waals surface area contributed by atoms with E-state index in [9.17, 15) is 0 Å². The first kappa shape index (κ1) is 27.9. The molecule has 0 radical (unpaired) electrons. The number of halogens is 4. The zero-order valence-electron chi connectivity index (χ0n) is 19.5. The molecule has 1 aliphatic rings. The van der Waals surface area contributed by atoms with E-state index in [4.69, 9.17) is 23.2 Å². The first-order valence-corrected chi connectivity index (χ1v) is 12.4. The number of hydrogen-bond acceptors (Lipinski definition) is 2. The molecule has 186 valence electrons. The number of aromatic nitrogens is 1. The maximum Gasteiger partial charge on any atom is 0.0491 e. The Bertz CT molecular complexity index is 1220. The van der Waals surface area contributed by atoms with Crippen LogP contribution in [0.2, 0.25) is 10.0 Å². The average Bonchev–Trinajstić information content (AvgIpc) is 3.19. The molecular formula is C28H31Cl4N3. The van der Waals surface area contributed by atoms with Crippen LogP contribution in [-0.2, 0) is 19.6 Å². The van der Waals surface area contributed by atoms with Crippen LogP contribution in [0.1, 0.15) is 29.5 Å². The minimum absolute atomic E-state index is 0. The molecule has 0 bridgehead atoms. The van der Waals surface area contributed by atoms with Gasteiger partial charge in [-0.2, -0.15) is 0 Å². The van der Waals surface area contributed by atoms with E-state index < -0.39 is 0 Å². The molecule has 1 fully saturated rings. The molecule has 1 N–H and O–H groups in total. The molecule has 1 aromatic heterocycles. The van der Waals surface area contributed by atoms with Gasteiger partial charge in [0.2, 0.25) is 0 Å². The molecule has 35 heavy (non-hydrogen) atoms. The first-order valence-electron chi connectivity index (χ1n) is 11.7. The molecule has 2 heterocycles. The Labute approximate surface area is 230 Å². The fourth-order valence-electron chi connectivity index (χ4n) is 4.82. The number of piperidine rings is 1. The molecule has 0 atom stereocenters. The summed E-state index contributed by atoms with van der Waals surface area (Å²) in [6.07, 6.45) is 4.64. The molecule has 3 aromatic carbocycles. The summed E-state index contributed by atoms with van der Waals surface area (Å²) in [7, 11) is 0. The lowest BCUT2D eigenvalue weighted by molar-refractivity contribution is 0.190. The third kappa shape index (κ3) is 6.95. The van der Waals surface area contributed by atoms with Crippen LogP contribution in [0, 0.1) is 0 Å². The van der Waals surface area contributed by atoms with Crippen molar-refractivity contribution in [2.75, 3.05) is 13.1 Å². The quantitative estimate of drug-likeness (QED) is 0.255. The molecule has 0 unspecified atom stereocenters. The summed E-state index contributed by atoms with van der Waals surface area (Å²) in [5.74, 6) is 0. The van der Waals surface area contributed by atoms with Crippen molar-refractivity contribution in [1.29, 1.82) is 0 Å². The van der Waals surface area contributed by atoms with Gasteiger partial charge in [0, 0.05) is 52.8 Å². The van der Waals surface area contributed by atoms with Crippen molar-refractivity contribution < 1.29 is 0 Å². The smallest absolute Gasteiger partial charge is 0.0491 e. The van der Waals surface area contributed by atoms with Crippen LogP contribution >= 0.6 is 48.0 Å². The molecule has 0 amide bonds. The number of benzene rings is 3. The predicted molar refractivity (Wildman–Crippen MR) is 154 cm³/mol. The second-order valence-electron chi connectivity index (χ2n) is 8.95. The fraction of sp³-hybridized carbons (Fsp3) is 0.286. The first-order chi connectivity index (χ1) is 16.2. The summed E-state index contributed by atoms with van der Waals surface area (Å²) in [4.78, 5) is 2.56. The van der Waals surface area contributed by atoms with Crippen molar-refractivity contribution in [3.05, 3.63) is 106 Å². The third-order valence-electron chi connectivity index (χ3n) is 6.64. The maximum atomic E-state index is 6.45. The lowest BCUT2D eigenvalue weighted by Gasteiger charge is -2.32. The van der Waals surface area contributed by atoms with Crippen LogP contribution in [0.4, 0.5) is 0 Å².